The molecular weight excluding hydrogens is 276 g/mol. The van der Waals surface area contributed by atoms with Crippen molar-refractivity contribution in [1.82, 2.24) is 21.3 Å². The van der Waals surface area contributed by atoms with Gasteiger partial charge in [0.1, 0.15) is 5.54 Å². The Morgan fingerprint density at radius 3 is 1.95 bits per heavy atom. The van der Waals surface area contributed by atoms with Crippen LogP contribution >= 0.6 is 0 Å². The molecule has 4 amide bonds. The van der Waals surface area contributed by atoms with Crippen LogP contribution < -0.4 is 16.2 Å². The third-order valence-electron chi connectivity index (χ3n) is 2.50. The second kappa shape index (κ2) is 8.23. The molecule has 0 saturated carbocycles. The Hall–Kier alpha value is -2.12. The van der Waals surface area contributed by atoms with Crippen LogP contribution in [-0.4, -0.2) is 34.3 Å². The number of carbonyl (C=O) groups excluding carboxylic acids is 4. The van der Waals surface area contributed by atoms with Gasteiger partial charge in [-0.2, -0.15) is 5.12 Å². The highest BCUT2D eigenvalue weighted by Gasteiger charge is 2.34. The second-order valence-electron chi connectivity index (χ2n) is 5.12. The first-order valence-electron chi connectivity index (χ1n) is 6.86. The summed E-state index contributed by atoms with van der Waals surface area (Å²) in [5, 5.41) is 3.20. The van der Waals surface area contributed by atoms with Gasteiger partial charge in [-0.05, 0) is 20.3 Å². The molecule has 0 aromatic carbocycles. The highest BCUT2D eigenvalue weighted by atomic mass is 16.2. The minimum atomic E-state index is -1.27. The zero-order chi connectivity index (χ0) is 16.6. The summed E-state index contributed by atoms with van der Waals surface area (Å²) in [6.07, 6.45) is 0.963. The Balaban J connectivity index is 5.08. The summed E-state index contributed by atoms with van der Waals surface area (Å²) in [7, 11) is 0. The molecule has 0 aliphatic heterocycles. The summed E-state index contributed by atoms with van der Waals surface area (Å²) in [6, 6.07) is 0. The molecule has 0 atom stereocenters. The molecule has 0 aliphatic carbocycles. The lowest BCUT2D eigenvalue weighted by Gasteiger charge is -2.32. The quantitative estimate of drug-likeness (QED) is 0.621. The molecule has 120 valence electrons. The lowest BCUT2D eigenvalue weighted by Crippen LogP contribution is -2.64. The van der Waals surface area contributed by atoms with Gasteiger partial charge in [-0.1, -0.05) is 13.8 Å². The first-order chi connectivity index (χ1) is 9.63. The van der Waals surface area contributed by atoms with E-state index in [1.165, 1.54) is 20.8 Å². The van der Waals surface area contributed by atoms with Crippen LogP contribution in [0.5, 0.6) is 0 Å². The van der Waals surface area contributed by atoms with Gasteiger partial charge in [0.25, 0.3) is 5.91 Å². The van der Waals surface area contributed by atoms with Gasteiger partial charge in [-0.25, -0.2) is 10.9 Å². The Morgan fingerprint density at radius 1 is 1.00 bits per heavy atom. The third-order valence-corrected chi connectivity index (χ3v) is 2.50. The minimum absolute atomic E-state index is 0.147. The summed E-state index contributed by atoms with van der Waals surface area (Å²) in [4.78, 5) is 46.6. The summed E-state index contributed by atoms with van der Waals surface area (Å²) < 4.78 is 0. The van der Waals surface area contributed by atoms with E-state index in [0.29, 0.717) is 6.42 Å². The van der Waals surface area contributed by atoms with E-state index in [9.17, 15) is 19.2 Å². The topological polar surface area (TPSA) is 108 Å². The van der Waals surface area contributed by atoms with Gasteiger partial charge in [0.15, 0.2) is 0 Å². The maximum atomic E-state index is 12.4. The van der Waals surface area contributed by atoms with Crippen molar-refractivity contribution in [3.63, 3.8) is 0 Å². The number of rotatable bonds is 5. The van der Waals surface area contributed by atoms with E-state index < -0.39 is 29.2 Å². The van der Waals surface area contributed by atoms with Gasteiger partial charge in [0.2, 0.25) is 17.7 Å². The van der Waals surface area contributed by atoms with Crippen LogP contribution in [0.4, 0.5) is 0 Å². The van der Waals surface area contributed by atoms with Crippen molar-refractivity contribution in [3.05, 3.63) is 0 Å². The first kappa shape index (κ1) is 18.9. The standard InChI is InChI=1S/C13H24N4O4/c1-6-8-11(20)16-17(15-10(19)7-2)12(21)13(4,5)14-9(3)18/h6-8H2,1-5H3,(H,14,18)(H,15,19)(H,16,20). The monoisotopic (exact) mass is 300 g/mol. The van der Waals surface area contributed by atoms with Gasteiger partial charge >= 0.3 is 0 Å². The SMILES string of the molecule is CCCC(=O)NN(NC(=O)CC)C(=O)C(C)(C)NC(C)=O. The van der Waals surface area contributed by atoms with Crippen molar-refractivity contribution >= 4 is 23.6 Å². The molecule has 0 aromatic rings. The molecule has 0 spiro atoms. The molecule has 3 N–H and O–H groups in total. The van der Waals surface area contributed by atoms with Crippen molar-refractivity contribution < 1.29 is 19.2 Å². The fraction of sp³-hybridized carbons (Fsp3) is 0.692. The lowest BCUT2D eigenvalue weighted by atomic mass is 10.0. The second-order valence-corrected chi connectivity index (χ2v) is 5.12. The van der Waals surface area contributed by atoms with Crippen molar-refractivity contribution in [2.24, 2.45) is 0 Å². The molecule has 0 aromatic heterocycles. The van der Waals surface area contributed by atoms with Crippen molar-refractivity contribution in [2.45, 2.75) is 59.4 Å². The Kier molecular flexibility index (Phi) is 7.40. The predicted molar refractivity (Wildman–Crippen MR) is 76.2 cm³/mol. The average molecular weight is 300 g/mol. The van der Waals surface area contributed by atoms with Crippen molar-refractivity contribution in [1.29, 1.82) is 0 Å². The molecule has 8 heteroatoms. The average Bonchev–Trinajstić information content (AvgIpc) is 2.35. The molecule has 0 radical (unpaired) electrons. The molecule has 0 fully saturated rings. The Bertz CT molecular complexity index is 420. The van der Waals surface area contributed by atoms with E-state index in [1.807, 2.05) is 6.92 Å². The highest BCUT2D eigenvalue weighted by Crippen LogP contribution is 2.06. The van der Waals surface area contributed by atoms with E-state index >= 15 is 0 Å². The van der Waals surface area contributed by atoms with Crippen LogP contribution in [0.2, 0.25) is 0 Å². The smallest absolute Gasteiger partial charge is 0.285 e. The van der Waals surface area contributed by atoms with Gasteiger partial charge < -0.3 is 5.32 Å². The van der Waals surface area contributed by atoms with Gasteiger partial charge in [-0.3, -0.25) is 19.2 Å². The van der Waals surface area contributed by atoms with Crippen LogP contribution in [-0.2, 0) is 19.2 Å². The molecule has 0 rings (SSSR count). The van der Waals surface area contributed by atoms with Gasteiger partial charge in [-0.15, -0.1) is 0 Å². The van der Waals surface area contributed by atoms with E-state index in [2.05, 4.69) is 16.2 Å². The first-order valence-corrected chi connectivity index (χ1v) is 6.86. The maximum absolute atomic E-state index is 12.4. The van der Waals surface area contributed by atoms with Crippen molar-refractivity contribution in [3.8, 4) is 0 Å². The maximum Gasteiger partial charge on any atom is 0.285 e. The highest BCUT2D eigenvalue weighted by molar-refractivity contribution is 5.92. The fourth-order valence-corrected chi connectivity index (χ4v) is 1.51. The number of carbonyl (C=O) groups is 4. The number of hydrogen-bond acceptors (Lipinski definition) is 4. The van der Waals surface area contributed by atoms with E-state index in [4.69, 9.17) is 0 Å². The lowest BCUT2D eigenvalue weighted by molar-refractivity contribution is -0.155. The van der Waals surface area contributed by atoms with Crippen LogP contribution in [0.3, 0.4) is 0 Å². The van der Waals surface area contributed by atoms with Gasteiger partial charge in [0.05, 0.1) is 0 Å². The van der Waals surface area contributed by atoms with E-state index in [0.717, 1.165) is 5.12 Å². The number of hydrazine groups is 2. The van der Waals surface area contributed by atoms with Crippen LogP contribution in [0.25, 0.3) is 0 Å². The minimum Gasteiger partial charge on any atom is -0.342 e. The molecule has 0 saturated heterocycles. The normalized spacial score (nSPS) is 10.5. The summed E-state index contributed by atoms with van der Waals surface area (Å²) in [5.41, 5.74) is 3.35. The molecule has 0 aliphatic rings. The van der Waals surface area contributed by atoms with Crippen molar-refractivity contribution in [2.75, 3.05) is 0 Å². The summed E-state index contributed by atoms with van der Waals surface area (Å²) in [5.74, 6) is -1.88. The molecule has 0 unspecified atom stereocenters. The summed E-state index contributed by atoms with van der Waals surface area (Å²) >= 11 is 0. The Morgan fingerprint density at radius 2 is 1.52 bits per heavy atom. The number of nitrogens with zero attached hydrogens (tertiary/aromatic N) is 1. The number of nitrogens with one attached hydrogen (secondary N) is 3. The van der Waals surface area contributed by atoms with Gasteiger partial charge in [0, 0.05) is 19.8 Å². The fourth-order valence-electron chi connectivity index (χ4n) is 1.51. The number of amides is 4. The molecule has 0 bridgehead atoms. The molecule has 8 nitrogen and oxygen atoms in total. The zero-order valence-corrected chi connectivity index (χ0v) is 13.2. The molecule has 0 heterocycles. The zero-order valence-electron chi connectivity index (χ0n) is 13.2. The third kappa shape index (κ3) is 6.73. The number of hydrogen-bond donors (Lipinski definition) is 3. The Labute approximate surface area is 124 Å². The van der Waals surface area contributed by atoms with Crippen LogP contribution in [0, 0.1) is 0 Å². The van der Waals surface area contributed by atoms with Crippen LogP contribution in [0.15, 0.2) is 0 Å². The van der Waals surface area contributed by atoms with E-state index in [-0.39, 0.29) is 12.8 Å². The molecular formula is C13H24N4O4. The largest absolute Gasteiger partial charge is 0.342 e. The summed E-state index contributed by atoms with van der Waals surface area (Å²) in [6.45, 7) is 7.67. The van der Waals surface area contributed by atoms with Crippen LogP contribution in [0.1, 0.15) is 53.9 Å². The van der Waals surface area contributed by atoms with E-state index in [1.54, 1.807) is 6.92 Å². The predicted octanol–water partition coefficient (Wildman–Crippen LogP) is 0.00220. The molecule has 21 heavy (non-hydrogen) atoms.